The van der Waals surface area contributed by atoms with E-state index < -0.39 is 56.0 Å². The Kier molecular flexibility index (Phi) is 6.32. The number of carboxylic acids is 1. The molecular weight excluding hydrogens is 504 g/mol. The Labute approximate surface area is 192 Å². The number of tetrazole rings is 2. The summed E-state index contributed by atoms with van der Waals surface area (Å²) in [6.45, 7) is -0.237. The van der Waals surface area contributed by atoms with Crippen molar-refractivity contribution in [3.05, 3.63) is 17.6 Å². The molecule has 1 fully saturated rings. The molecule has 0 radical (unpaired) electrons. The lowest BCUT2D eigenvalue weighted by Gasteiger charge is -2.50. The van der Waals surface area contributed by atoms with E-state index >= 15 is 0 Å². The highest BCUT2D eigenvalue weighted by molar-refractivity contribution is 8.01. The molecule has 3 atom stereocenters. The monoisotopic (exact) mass is 518 g/mol. The number of nitrogens with zero attached hydrogens (tertiary/aromatic N) is 8. The maximum absolute atomic E-state index is 12.8. The molecule has 4 rings (SSSR count). The van der Waals surface area contributed by atoms with Gasteiger partial charge in [-0.25, -0.2) is 9.48 Å². The van der Waals surface area contributed by atoms with Crippen LogP contribution >= 0.6 is 23.5 Å². The molecule has 1 saturated heterocycles. The summed E-state index contributed by atoms with van der Waals surface area (Å²) in [7, 11) is -4.53. The van der Waals surface area contributed by atoms with Crippen LogP contribution in [0.1, 0.15) is 0 Å². The average Bonchev–Trinajstić information content (AvgIpc) is 3.43. The lowest BCUT2D eigenvalue weighted by atomic mass is 10.0. The van der Waals surface area contributed by atoms with Gasteiger partial charge in [0.25, 0.3) is 16.0 Å². The van der Waals surface area contributed by atoms with Crippen molar-refractivity contribution in [3.8, 4) is 0 Å². The van der Waals surface area contributed by atoms with E-state index in [1.165, 1.54) is 6.33 Å². The largest absolute Gasteiger partial charge is 0.477 e. The first kappa shape index (κ1) is 23.1. The maximum Gasteiger partial charge on any atom is 0.352 e. The van der Waals surface area contributed by atoms with E-state index in [2.05, 4.69) is 41.5 Å². The molecule has 33 heavy (non-hydrogen) atoms. The number of nitrogens with one attached hydrogen (secondary N) is 2. The summed E-state index contributed by atoms with van der Waals surface area (Å²) in [6, 6.07) is -0.986. The Balaban J connectivity index is 1.57. The average molecular weight is 519 g/mol. The van der Waals surface area contributed by atoms with Crippen LogP contribution in [0.2, 0.25) is 0 Å². The van der Waals surface area contributed by atoms with Crippen LogP contribution < -0.4 is 5.32 Å². The summed E-state index contributed by atoms with van der Waals surface area (Å²) in [5.74, 6) is -3.51. The zero-order valence-corrected chi connectivity index (χ0v) is 18.6. The lowest BCUT2D eigenvalue weighted by molar-refractivity contribution is -0.150. The third-order valence-corrected chi connectivity index (χ3v) is 7.93. The summed E-state index contributed by atoms with van der Waals surface area (Å²) in [4.78, 5) is 38.0. The van der Waals surface area contributed by atoms with Crippen molar-refractivity contribution < 1.29 is 32.5 Å². The molecule has 2 amide bonds. The van der Waals surface area contributed by atoms with Gasteiger partial charge in [0.1, 0.15) is 30.0 Å². The van der Waals surface area contributed by atoms with E-state index in [0.717, 1.165) is 33.1 Å². The number of aromatic amines is 1. The summed E-state index contributed by atoms with van der Waals surface area (Å²) in [5.41, 5.74) is -0.331. The van der Waals surface area contributed by atoms with E-state index in [-0.39, 0.29) is 23.0 Å². The molecular formula is C13H14N10O7S3. The molecule has 17 nitrogen and oxygen atoms in total. The first-order valence-electron chi connectivity index (χ1n) is 8.90. The number of β-lactam (4-membered cyclic amide) rings is 1. The van der Waals surface area contributed by atoms with E-state index in [4.69, 9.17) is 0 Å². The van der Waals surface area contributed by atoms with Gasteiger partial charge in [0.15, 0.2) is 0 Å². The molecule has 20 heteroatoms. The van der Waals surface area contributed by atoms with Gasteiger partial charge in [-0.1, -0.05) is 11.8 Å². The predicted molar refractivity (Wildman–Crippen MR) is 108 cm³/mol. The molecule has 0 aliphatic carbocycles. The van der Waals surface area contributed by atoms with Crippen molar-refractivity contribution in [2.75, 3.05) is 11.5 Å². The van der Waals surface area contributed by atoms with Gasteiger partial charge in [-0.05, 0) is 21.2 Å². The highest BCUT2D eigenvalue weighted by Gasteiger charge is 2.55. The number of carbonyl (C=O) groups excluding carboxylic acids is 2. The third-order valence-electron chi connectivity index (χ3n) is 4.54. The van der Waals surface area contributed by atoms with Gasteiger partial charge in [0, 0.05) is 5.75 Å². The zero-order valence-electron chi connectivity index (χ0n) is 16.2. The molecule has 176 valence electrons. The summed E-state index contributed by atoms with van der Waals surface area (Å²) in [6.07, 6.45) is 1.22. The maximum atomic E-state index is 12.8. The summed E-state index contributed by atoms with van der Waals surface area (Å²) < 4.78 is 33.7. The van der Waals surface area contributed by atoms with E-state index in [9.17, 15) is 32.5 Å². The minimum atomic E-state index is -4.53. The second-order valence-corrected chi connectivity index (χ2v) is 10.5. The normalized spacial score (nSPS) is 21.4. The second-order valence-electron chi connectivity index (χ2n) is 6.69. The van der Waals surface area contributed by atoms with Gasteiger partial charge >= 0.3 is 5.97 Å². The molecule has 0 bridgehead atoms. The van der Waals surface area contributed by atoms with Crippen LogP contribution in [0.3, 0.4) is 0 Å². The van der Waals surface area contributed by atoms with Crippen molar-refractivity contribution in [1.29, 1.82) is 0 Å². The van der Waals surface area contributed by atoms with Crippen molar-refractivity contribution in [3.63, 3.8) is 0 Å². The Morgan fingerprint density at radius 2 is 2.21 bits per heavy atom. The number of aromatic nitrogens is 8. The highest BCUT2D eigenvalue weighted by Crippen LogP contribution is 2.43. The second kappa shape index (κ2) is 9.03. The first-order valence-corrected chi connectivity index (χ1v) is 12.4. The number of aliphatic carboxylic acids is 1. The van der Waals surface area contributed by atoms with Crippen LogP contribution in [0.25, 0.3) is 0 Å². The van der Waals surface area contributed by atoms with Crippen LogP contribution in [-0.2, 0) is 31.0 Å². The van der Waals surface area contributed by atoms with E-state index in [1.807, 2.05) is 0 Å². The third kappa shape index (κ3) is 4.96. The standard InChI is InChI=1S/C13H14N10O7S3/c24-7(1-22-4-14-18-21-22)15-8-10(25)23-9(12(26)27)5(2-31-11(8)23)6(3-33(28,29)30)32-13-16-19-20-17-13/h4,6,8,11H,1-3H2,(H,15,24)(H,26,27)(H,28,29,30)(H,16,17,19,20)/t6?,8?,11-/m0/s1. The molecule has 0 spiro atoms. The molecule has 0 aromatic carbocycles. The van der Waals surface area contributed by atoms with Crippen molar-refractivity contribution >= 4 is 51.4 Å². The molecule has 4 N–H and O–H groups in total. The topological polar surface area (TPSA) is 239 Å². The van der Waals surface area contributed by atoms with Crippen LogP contribution in [-0.4, -0.2) is 110 Å². The molecule has 2 unspecified atom stereocenters. The first-order chi connectivity index (χ1) is 15.6. The summed E-state index contributed by atoms with van der Waals surface area (Å²) in [5, 5.41) is 33.9. The zero-order chi connectivity index (χ0) is 23.8. The van der Waals surface area contributed by atoms with Crippen molar-refractivity contribution in [1.82, 2.24) is 51.0 Å². The number of carboxylic acid groups (broad SMARTS) is 1. The molecule has 2 aromatic rings. The number of hydrogen-bond acceptors (Lipinski definition) is 13. The SMILES string of the molecule is O=C(Cn1cnnn1)NC1C(=O)N2C(C(=O)O)=C(C(CS(=O)(=O)O)Sc3nn[nH]n3)CS[C@@H]12. The number of carbonyl (C=O) groups is 3. The van der Waals surface area contributed by atoms with Gasteiger partial charge in [-0.15, -0.1) is 27.1 Å². The number of hydrogen-bond donors (Lipinski definition) is 4. The van der Waals surface area contributed by atoms with E-state index in [0.29, 0.717) is 0 Å². The van der Waals surface area contributed by atoms with Crippen LogP contribution in [0, 0.1) is 0 Å². The van der Waals surface area contributed by atoms with Gasteiger partial charge in [0.05, 0.1) is 11.0 Å². The molecule has 2 aliphatic rings. The van der Waals surface area contributed by atoms with Gasteiger partial charge in [-0.3, -0.25) is 19.0 Å². The van der Waals surface area contributed by atoms with Gasteiger partial charge < -0.3 is 10.4 Å². The fraction of sp³-hybridized carbons (Fsp3) is 0.462. The number of amides is 2. The smallest absolute Gasteiger partial charge is 0.352 e. The molecule has 2 aliphatic heterocycles. The highest BCUT2D eigenvalue weighted by atomic mass is 32.2. The van der Waals surface area contributed by atoms with Crippen LogP contribution in [0.5, 0.6) is 0 Å². The van der Waals surface area contributed by atoms with Crippen molar-refractivity contribution in [2.24, 2.45) is 0 Å². The molecule has 2 aromatic heterocycles. The fourth-order valence-corrected chi connectivity index (χ4v) is 6.91. The number of rotatable bonds is 9. The minimum Gasteiger partial charge on any atom is -0.477 e. The van der Waals surface area contributed by atoms with Gasteiger partial charge in [-0.2, -0.15) is 13.6 Å². The summed E-state index contributed by atoms with van der Waals surface area (Å²) >= 11 is 1.91. The fourth-order valence-electron chi connectivity index (χ4n) is 3.24. The number of fused-ring (bicyclic) bond motifs is 1. The molecule has 0 saturated carbocycles. The Bertz CT molecular complexity index is 1200. The molecule has 4 heterocycles. The predicted octanol–water partition coefficient (Wildman–Crippen LogP) is -3.03. The van der Waals surface area contributed by atoms with Crippen LogP contribution in [0.15, 0.2) is 22.8 Å². The number of H-pyrrole nitrogens is 1. The van der Waals surface area contributed by atoms with Crippen molar-refractivity contribution in [2.45, 2.75) is 28.4 Å². The number of thioether (sulfide) groups is 2. The van der Waals surface area contributed by atoms with Gasteiger partial charge in [0.2, 0.25) is 11.1 Å². The minimum absolute atomic E-state index is 0.0144. The van der Waals surface area contributed by atoms with E-state index in [1.54, 1.807) is 0 Å². The Hall–Kier alpha value is -3.10. The Morgan fingerprint density at radius 1 is 1.42 bits per heavy atom. The quantitative estimate of drug-likeness (QED) is 0.147. The Morgan fingerprint density at radius 3 is 2.82 bits per heavy atom. The lowest BCUT2D eigenvalue weighted by Crippen LogP contribution is -2.71. The van der Waals surface area contributed by atoms with Crippen LogP contribution in [0.4, 0.5) is 0 Å².